The average molecular weight is 262 g/mol. The van der Waals surface area contributed by atoms with E-state index in [1.807, 2.05) is 0 Å². The van der Waals surface area contributed by atoms with Crippen LogP contribution >= 0.6 is 0 Å². The van der Waals surface area contributed by atoms with E-state index in [0.717, 1.165) is 12.8 Å². The standard InChI is InChI=1S/C14H30O2S/c1-4-6-8-9-11-13-14(17(15)16-3)12-10-7-5-2/h14H,4-13H2,1-3H3. The van der Waals surface area contributed by atoms with Crippen molar-refractivity contribution in [3.05, 3.63) is 0 Å². The van der Waals surface area contributed by atoms with Gasteiger partial charge in [0.2, 0.25) is 0 Å². The lowest BCUT2D eigenvalue weighted by Crippen LogP contribution is -2.16. The van der Waals surface area contributed by atoms with Gasteiger partial charge in [-0.1, -0.05) is 65.2 Å². The second-order valence-electron chi connectivity index (χ2n) is 4.75. The highest BCUT2D eigenvalue weighted by molar-refractivity contribution is 7.80. The normalized spacial score (nSPS) is 14.8. The highest BCUT2D eigenvalue weighted by atomic mass is 32.2. The Morgan fingerprint density at radius 3 is 1.88 bits per heavy atom. The van der Waals surface area contributed by atoms with Crippen LogP contribution in [0, 0.1) is 0 Å². The van der Waals surface area contributed by atoms with Crippen molar-refractivity contribution >= 4 is 11.1 Å². The summed E-state index contributed by atoms with van der Waals surface area (Å²) in [6.45, 7) is 4.43. The van der Waals surface area contributed by atoms with Crippen LogP contribution in [-0.2, 0) is 15.3 Å². The van der Waals surface area contributed by atoms with E-state index < -0.39 is 11.1 Å². The molecule has 0 N–H and O–H groups in total. The summed E-state index contributed by atoms with van der Waals surface area (Å²) in [4.78, 5) is 0. The number of rotatable bonds is 12. The molecular weight excluding hydrogens is 232 g/mol. The maximum atomic E-state index is 11.7. The zero-order chi connectivity index (χ0) is 12.9. The van der Waals surface area contributed by atoms with E-state index in [1.165, 1.54) is 51.4 Å². The summed E-state index contributed by atoms with van der Waals surface area (Å²) in [5.74, 6) is 0. The van der Waals surface area contributed by atoms with Crippen LogP contribution in [0.25, 0.3) is 0 Å². The van der Waals surface area contributed by atoms with E-state index in [-0.39, 0.29) is 5.25 Å². The quantitative estimate of drug-likeness (QED) is 0.480. The molecule has 0 saturated heterocycles. The van der Waals surface area contributed by atoms with Gasteiger partial charge >= 0.3 is 0 Å². The molecule has 2 unspecified atom stereocenters. The van der Waals surface area contributed by atoms with Crippen molar-refractivity contribution in [2.24, 2.45) is 0 Å². The van der Waals surface area contributed by atoms with E-state index in [4.69, 9.17) is 4.18 Å². The van der Waals surface area contributed by atoms with Crippen molar-refractivity contribution in [3.8, 4) is 0 Å². The molecule has 3 heteroatoms. The van der Waals surface area contributed by atoms with Crippen molar-refractivity contribution in [1.82, 2.24) is 0 Å². The fourth-order valence-electron chi connectivity index (χ4n) is 2.07. The molecule has 0 aromatic carbocycles. The lowest BCUT2D eigenvalue weighted by Gasteiger charge is -2.14. The predicted octanol–water partition coefficient (Wildman–Crippen LogP) is 4.61. The fraction of sp³-hybridized carbons (Fsp3) is 1.00. The van der Waals surface area contributed by atoms with Crippen LogP contribution in [0.1, 0.15) is 78.1 Å². The third-order valence-electron chi connectivity index (χ3n) is 3.20. The first kappa shape index (κ1) is 17.1. The third kappa shape index (κ3) is 9.78. The zero-order valence-corrected chi connectivity index (χ0v) is 12.7. The molecule has 0 aliphatic rings. The predicted molar refractivity (Wildman–Crippen MR) is 76.5 cm³/mol. The number of unbranched alkanes of at least 4 members (excludes halogenated alkanes) is 6. The highest BCUT2D eigenvalue weighted by Crippen LogP contribution is 2.17. The van der Waals surface area contributed by atoms with Crippen LogP contribution in [0.5, 0.6) is 0 Å². The van der Waals surface area contributed by atoms with E-state index in [9.17, 15) is 4.21 Å². The van der Waals surface area contributed by atoms with Crippen molar-refractivity contribution in [1.29, 1.82) is 0 Å². The van der Waals surface area contributed by atoms with Gasteiger partial charge < -0.3 is 0 Å². The number of hydrogen-bond donors (Lipinski definition) is 0. The van der Waals surface area contributed by atoms with E-state index >= 15 is 0 Å². The van der Waals surface area contributed by atoms with Gasteiger partial charge in [-0.15, -0.1) is 0 Å². The largest absolute Gasteiger partial charge is 0.294 e. The van der Waals surface area contributed by atoms with E-state index in [1.54, 1.807) is 7.11 Å². The van der Waals surface area contributed by atoms with Gasteiger partial charge in [0.1, 0.15) is 0 Å². The molecule has 0 aliphatic heterocycles. The van der Waals surface area contributed by atoms with Crippen LogP contribution in [0.3, 0.4) is 0 Å². The molecule has 0 rings (SSSR count). The van der Waals surface area contributed by atoms with Gasteiger partial charge in [-0.25, -0.2) is 4.21 Å². The molecule has 0 saturated carbocycles. The SMILES string of the molecule is CCCCCCCC(CCCCC)S(=O)OC. The molecule has 0 spiro atoms. The van der Waals surface area contributed by atoms with Crippen LogP contribution in [-0.4, -0.2) is 16.6 Å². The van der Waals surface area contributed by atoms with Crippen molar-refractivity contribution in [2.75, 3.05) is 7.11 Å². The molecule has 0 radical (unpaired) electrons. The summed E-state index contributed by atoms with van der Waals surface area (Å²) in [5, 5.41) is 0.258. The Kier molecular flexibility index (Phi) is 12.6. The lowest BCUT2D eigenvalue weighted by molar-refractivity contribution is 0.424. The molecule has 0 aliphatic carbocycles. The summed E-state index contributed by atoms with van der Waals surface area (Å²) >= 11 is -1.08. The Labute approximate surface area is 110 Å². The molecule has 2 nitrogen and oxygen atoms in total. The molecule has 0 aromatic heterocycles. The molecule has 0 fully saturated rings. The Morgan fingerprint density at radius 2 is 1.35 bits per heavy atom. The summed E-state index contributed by atoms with van der Waals surface area (Å²) in [6.07, 6.45) is 12.2. The minimum Gasteiger partial charge on any atom is -0.294 e. The van der Waals surface area contributed by atoms with E-state index in [2.05, 4.69) is 13.8 Å². The Balaban J connectivity index is 3.73. The molecule has 104 valence electrons. The second kappa shape index (κ2) is 12.6. The van der Waals surface area contributed by atoms with Gasteiger partial charge in [0, 0.05) is 0 Å². The van der Waals surface area contributed by atoms with Gasteiger partial charge in [-0.05, 0) is 12.8 Å². The maximum absolute atomic E-state index is 11.7. The minimum absolute atomic E-state index is 0.258. The van der Waals surface area contributed by atoms with Gasteiger partial charge in [-0.2, -0.15) is 0 Å². The molecule has 0 bridgehead atoms. The van der Waals surface area contributed by atoms with Crippen LogP contribution < -0.4 is 0 Å². The van der Waals surface area contributed by atoms with Crippen molar-refractivity contribution < 1.29 is 8.39 Å². The summed E-state index contributed by atoms with van der Waals surface area (Å²) in [6, 6.07) is 0. The Hall–Kier alpha value is 0.110. The first-order chi connectivity index (χ1) is 8.26. The van der Waals surface area contributed by atoms with Crippen molar-refractivity contribution in [2.45, 2.75) is 83.3 Å². The monoisotopic (exact) mass is 262 g/mol. The minimum atomic E-state index is -1.08. The third-order valence-corrected chi connectivity index (χ3v) is 4.54. The highest BCUT2D eigenvalue weighted by Gasteiger charge is 2.15. The summed E-state index contributed by atoms with van der Waals surface area (Å²) in [7, 11) is 1.56. The molecule has 0 amide bonds. The number of hydrogen-bond acceptors (Lipinski definition) is 2. The molecule has 2 atom stereocenters. The zero-order valence-electron chi connectivity index (χ0n) is 11.9. The maximum Gasteiger partial charge on any atom is 0.158 e. The van der Waals surface area contributed by atoms with Crippen molar-refractivity contribution in [3.63, 3.8) is 0 Å². The van der Waals surface area contributed by atoms with Gasteiger partial charge in [0.25, 0.3) is 0 Å². The topological polar surface area (TPSA) is 26.3 Å². The lowest BCUT2D eigenvalue weighted by atomic mass is 10.1. The molecule has 0 heterocycles. The van der Waals surface area contributed by atoms with Crippen LogP contribution in [0.15, 0.2) is 0 Å². The molecular formula is C14H30O2S. The smallest absolute Gasteiger partial charge is 0.158 e. The van der Waals surface area contributed by atoms with E-state index in [0.29, 0.717) is 0 Å². The second-order valence-corrected chi connectivity index (χ2v) is 6.27. The van der Waals surface area contributed by atoms with Gasteiger partial charge in [0.05, 0.1) is 12.4 Å². The van der Waals surface area contributed by atoms with Gasteiger partial charge in [0.15, 0.2) is 11.1 Å². The average Bonchev–Trinajstić information content (AvgIpc) is 2.35. The Morgan fingerprint density at radius 1 is 0.882 bits per heavy atom. The van der Waals surface area contributed by atoms with Crippen LogP contribution in [0.4, 0.5) is 0 Å². The summed E-state index contributed by atoms with van der Waals surface area (Å²) in [5.41, 5.74) is 0. The first-order valence-corrected chi connectivity index (χ1v) is 8.35. The molecule has 0 aromatic rings. The van der Waals surface area contributed by atoms with Crippen LogP contribution in [0.2, 0.25) is 0 Å². The fourth-order valence-corrected chi connectivity index (χ4v) is 3.06. The first-order valence-electron chi connectivity index (χ1n) is 7.21. The van der Waals surface area contributed by atoms with Gasteiger partial charge in [-0.3, -0.25) is 4.18 Å². The molecule has 17 heavy (non-hydrogen) atoms. The summed E-state index contributed by atoms with van der Waals surface area (Å²) < 4.78 is 16.7. The Bertz CT molecular complexity index is 183.